The Labute approximate surface area is 119 Å². The van der Waals surface area contributed by atoms with E-state index >= 15 is 0 Å². The van der Waals surface area contributed by atoms with Crippen LogP contribution in [0, 0.1) is 24.7 Å². The summed E-state index contributed by atoms with van der Waals surface area (Å²) in [5, 5.41) is 3.71. The third-order valence-electron chi connectivity index (χ3n) is 4.71. The molecule has 1 nitrogen and oxygen atoms in total. The van der Waals surface area contributed by atoms with E-state index in [1.807, 2.05) is 0 Å². The molecule has 0 amide bonds. The van der Waals surface area contributed by atoms with Crippen LogP contribution in [-0.2, 0) is 0 Å². The first-order chi connectivity index (χ1) is 8.72. The number of aryl methyl sites for hydroxylation is 1. The smallest absolute Gasteiger partial charge is 0.0960 e. The summed E-state index contributed by atoms with van der Waals surface area (Å²) in [5.41, 5.74) is 1.24. The Bertz CT molecular complexity index is 397. The monoisotopic (exact) mass is 283 g/mol. The number of nitrogens with one attached hydrogen (secondary N) is 1. The minimum absolute atomic E-state index is 0.555. The normalized spacial score (nSPS) is 32.1. The van der Waals surface area contributed by atoms with Gasteiger partial charge in [0, 0.05) is 10.9 Å². The molecule has 0 spiro atoms. The van der Waals surface area contributed by atoms with Crippen molar-refractivity contribution in [3.63, 3.8) is 0 Å². The van der Waals surface area contributed by atoms with Crippen molar-refractivity contribution >= 4 is 22.9 Å². The van der Waals surface area contributed by atoms with Gasteiger partial charge in [-0.05, 0) is 55.7 Å². The van der Waals surface area contributed by atoms with Crippen LogP contribution >= 0.6 is 22.9 Å². The lowest BCUT2D eigenvalue weighted by atomic mass is 10.0. The zero-order chi connectivity index (χ0) is 12.7. The maximum absolute atomic E-state index is 6.24. The molecular formula is C15H22ClNS. The van der Waals surface area contributed by atoms with Crippen molar-refractivity contribution in [1.82, 2.24) is 5.32 Å². The maximum Gasteiger partial charge on any atom is 0.0960 e. The van der Waals surface area contributed by atoms with Gasteiger partial charge in [0.2, 0.25) is 0 Å². The van der Waals surface area contributed by atoms with Crippen molar-refractivity contribution in [1.29, 1.82) is 0 Å². The third kappa shape index (κ3) is 2.23. The molecule has 3 unspecified atom stereocenters. The van der Waals surface area contributed by atoms with Crippen LogP contribution in [0.1, 0.15) is 49.1 Å². The van der Waals surface area contributed by atoms with Crippen LogP contribution in [0.5, 0.6) is 0 Å². The van der Waals surface area contributed by atoms with Gasteiger partial charge in [0.1, 0.15) is 0 Å². The van der Waals surface area contributed by atoms with Crippen LogP contribution < -0.4 is 5.32 Å². The van der Waals surface area contributed by atoms with E-state index in [1.54, 1.807) is 11.3 Å². The molecule has 0 aromatic carbocycles. The van der Waals surface area contributed by atoms with E-state index in [2.05, 4.69) is 25.2 Å². The Balaban J connectivity index is 1.80. The lowest BCUT2D eigenvalue weighted by Gasteiger charge is -2.16. The Morgan fingerprint density at radius 2 is 2.06 bits per heavy atom. The second-order valence-electron chi connectivity index (χ2n) is 5.83. The van der Waals surface area contributed by atoms with E-state index in [0.717, 1.165) is 28.6 Å². The molecule has 100 valence electrons. The first-order valence-electron chi connectivity index (χ1n) is 7.21. The Morgan fingerprint density at radius 1 is 1.39 bits per heavy atom. The predicted molar refractivity (Wildman–Crippen MR) is 79.4 cm³/mol. The van der Waals surface area contributed by atoms with Gasteiger partial charge in [-0.3, -0.25) is 0 Å². The summed E-state index contributed by atoms with van der Waals surface area (Å²) < 4.78 is 0.969. The quantitative estimate of drug-likeness (QED) is 0.837. The number of rotatable bonds is 4. The molecule has 0 radical (unpaired) electrons. The molecular weight excluding hydrogens is 262 g/mol. The summed E-state index contributed by atoms with van der Waals surface area (Å²) in [5.74, 6) is 2.86. The molecule has 3 heteroatoms. The van der Waals surface area contributed by atoms with Gasteiger partial charge < -0.3 is 5.32 Å². The average Bonchev–Trinajstić information content (AvgIpc) is 2.99. The fourth-order valence-corrected chi connectivity index (χ4v) is 5.18. The summed E-state index contributed by atoms with van der Waals surface area (Å²) in [6, 6.07) is 2.85. The zero-order valence-corrected chi connectivity index (χ0v) is 12.8. The Kier molecular flexibility index (Phi) is 3.70. The molecule has 1 N–H and O–H groups in total. The highest BCUT2D eigenvalue weighted by molar-refractivity contribution is 7.16. The molecule has 1 aromatic heterocycles. The minimum Gasteiger partial charge on any atom is -0.309 e. The number of halogens is 1. The van der Waals surface area contributed by atoms with Crippen LogP contribution in [0.4, 0.5) is 0 Å². The summed E-state index contributed by atoms with van der Waals surface area (Å²) in [7, 11) is 0. The lowest BCUT2D eigenvalue weighted by Crippen LogP contribution is -2.23. The molecule has 1 aromatic rings. The second-order valence-corrected chi connectivity index (χ2v) is 7.52. The van der Waals surface area contributed by atoms with Crippen molar-refractivity contribution in [2.24, 2.45) is 17.8 Å². The highest BCUT2D eigenvalue weighted by atomic mass is 35.5. The average molecular weight is 284 g/mol. The van der Waals surface area contributed by atoms with Crippen molar-refractivity contribution in [2.45, 2.75) is 45.6 Å². The summed E-state index contributed by atoms with van der Waals surface area (Å²) in [6.07, 6.45) is 5.80. The van der Waals surface area contributed by atoms with Crippen molar-refractivity contribution in [2.75, 3.05) is 6.54 Å². The van der Waals surface area contributed by atoms with Crippen LogP contribution in [-0.4, -0.2) is 6.54 Å². The van der Waals surface area contributed by atoms with Crippen LogP contribution in [0.15, 0.2) is 6.07 Å². The topological polar surface area (TPSA) is 12.0 Å². The van der Waals surface area contributed by atoms with Gasteiger partial charge in [-0.25, -0.2) is 0 Å². The Hall–Kier alpha value is -0.0500. The molecule has 3 rings (SSSR count). The van der Waals surface area contributed by atoms with Crippen molar-refractivity contribution < 1.29 is 0 Å². The predicted octanol–water partition coefficient (Wildman–Crippen LogP) is 4.80. The molecule has 2 saturated carbocycles. The van der Waals surface area contributed by atoms with Gasteiger partial charge in [-0.15, -0.1) is 11.3 Å². The van der Waals surface area contributed by atoms with Gasteiger partial charge in [-0.2, -0.15) is 0 Å². The molecule has 0 bridgehead atoms. The van der Waals surface area contributed by atoms with Gasteiger partial charge in [0.15, 0.2) is 0 Å². The van der Waals surface area contributed by atoms with Gasteiger partial charge in [-0.1, -0.05) is 31.4 Å². The zero-order valence-electron chi connectivity index (χ0n) is 11.2. The first-order valence-corrected chi connectivity index (χ1v) is 8.41. The molecule has 2 aliphatic rings. The molecule has 1 heterocycles. The van der Waals surface area contributed by atoms with Crippen LogP contribution in [0.2, 0.25) is 4.34 Å². The highest BCUT2D eigenvalue weighted by Gasteiger charge is 2.54. The van der Waals surface area contributed by atoms with Crippen molar-refractivity contribution in [3.8, 4) is 0 Å². The molecule has 18 heavy (non-hydrogen) atoms. The maximum atomic E-state index is 6.24. The summed E-state index contributed by atoms with van der Waals surface area (Å²) >= 11 is 8.02. The molecule has 0 aliphatic heterocycles. The van der Waals surface area contributed by atoms with E-state index in [0.29, 0.717) is 6.04 Å². The van der Waals surface area contributed by atoms with Gasteiger partial charge in [0.05, 0.1) is 4.34 Å². The van der Waals surface area contributed by atoms with Gasteiger partial charge >= 0.3 is 0 Å². The van der Waals surface area contributed by atoms with E-state index < -0.39 is 0 Å². The Morgan fingerprint density at radius 3 is 2.56 bits per heavy atom. The first kappa shape index (κ1) is 13.0. The largest absolute Gasteiger partial charge is 0.309 e. The van der Waals surface area contributed by atoms with Gasteiger partial charge in [0.25, 0.3) is 0 Å². The fraction of sp³-hybridized carbons (Fsp3) is 0.733. The summed E-state index contributed by atoms with van der Waals surface area (Å²) in [6.45, 7) is 5.38. The minimum atomic E-state index is 0.555. The molecule has 0 saturated heterocycles. The highest BCUT2D eigenvalue weighted by Crippen LogP contribution is 2.61. The van der Waals surface area contributed by atoms with Crippen LogP contribution in [0.3, 0.4) is 0 Å². The number of hydrogen-bond donors (Lipinski definition) is 1. The number of fused-ring (bicyclic) bond motifs is 1. The fourth-order valence-electron chi connectivity index (χ4n) is 3.83. The van der Waals surface area contributed by atoms with Crippen LogP contribution in [0.25, 0.3) is 0 Å². The lowest BCUT2D eigenvalue weighted by molar-refractivity contribution is 0.463. The van der Waals surface area contributed by atoms with Crippen molar-refractivity contribution in [3.05, 3.63) is 20.8 Å². The van der Waals surface area contributed by atoms with E-state index in [9.17, 15) is 0 Å². The van der Waals surface area contributed by atoms with E-state index in [4.69, 9.17) is 11.6 Å². The van der Waals surface area contributed by atoms with E-state index in [1.165, 1.54) is 36.1 Å². The molecule has 3 atom stereocenters. The number of thiophene rings is 1. The molecule has 2 aliphatic carbocycles. The second kappa shape index (κ2) is 5.15. The summed E-state index contributed by atoms with van der Waals surface area (Å²) in [4.78, 5) is 1.46. The van der Waals surface area contributed by atoms with E-state index in [-0.39, 0.29) is 0 Å². The standard InChI is InChI=1S/C15H22ClNS/c1-3-17-14(12-8-9(2)15(16)18-12)13-10-6-4-5-7-11(10)13/h8,10-11,13-14,17H,3-7H2,1-2H3. The molecule has 2 fully saturated rings. The third-order valence-corrected chi connectivity index (χ3v) is 6.35. The number of hydrogen-bond acceptors (Lipinski definition) is 2. The SMILES string of the molecule is CCNC(c1cc(C)c(Cl)s1)C1C2CCCCC21.